The minimum absolute atomic E-state index is 0.306. The molecule has 2 rings (SSSR count). The lowest BCUT2D eigenvalue weighted by molar-refractivity contribution is 0.115. The van der Waals surface area contributed by atoms with Gasteiger partial charge in [0, 0.05) is 26.7 Å². The summed E-state index contributed by atoms with van der Waals surface area (Å²) in [4.78, 5) is 6.90. The van der Waals surface area contributed by atoms with Crippen molar-refractivity contribution in [3.8, 4) is 0 Å². The van der Waals surface area contributed by atoms with Crippen molar-refractivity contribution in [2.24, 2.45) is 5.92 Å². The van der Waals surface area contributed by atoms with Crippen molar-refractivity contribution >= 4 is 5.82 Å². The molecule has 0 amide bonds. The number of pyridine rings is 1. The Morgan fingerprint density at radius 1 is 1.53 bits per heavy atom. The summed E-state index contributed by atoms with van der Waals surface area (Å²) in [6, 6.07) is 6.06. The summed E-state index contributed by atoms with van der Waals surface area (Å²) >= 11 is 0. The van der Waals surface area contributed by atoms with Gasteiger partial charge in [-0.1, -0.05) is 6.07 Å². The van der Waals surface area contributed by atoms with Crippen molar-refractivity contribution in [1.29, 1.82) is 0 Å². The summed E-state index contributed by atoms with van der Waals surface area (Å²) < 4.78 is 0. The normalized spacial score (nSPS) is 21.4. The van der Waals surface area contributed by atoms with Crippen LogP contribution in [0.25, 0.3) is 0 Å². The number of nitrogens with zero attached hydrogens (tertiary/aromatic N) is 2. The summed E-state index contributed by atoms with van der Waals surface area (Å²) in [6.07, 6.45) is 2.33. The van der Waals surface area contributed by atoms with Crippen LogP contribution >= 0.6 is 0 Å². The second-order valence-corrected chi connectivity index (χ2v) is 4.69. The monoisotopic (exact) mass is 235 g/mol. The van der Waals surface area contributed by atoms with Crippen LogP contribution in [0.2, 0.25) is 0 Å². The van der Waals surface area contributed by atoms with E-state index in [1.54, 1.807) is 0 Å². The Morgan fingerprint density at radius 3 is 3.18 bits per heavy atom. The van der Waals surface area contributed by atoms with E-state index in [4.69, 9.17) is 0 Å². The molecule has 2 N–H and O–H groups in total. The number of rotatable bonds is 4. The highest BCUT2D eigenvalue weighted by atomic mass is 16.3. The molecule has 1 aliphatic rings. The van der Waals surface area contributed by atoms with E-state index in [9.17, 15) is 5.11 Å². The Bertz CT molecular complexity index is 356. The van der Waals surface area contributed by atoms with Gasteiger partial charge in [-0.3, -0.25) is 4.90 Å². The first-order valence-corrected chi connectivity index (χ1v) is 6.28. The summed E-state index contributed by atoms with van der Waals surface area (Å²) in [5, 5.41) is 12.3. The maximum Gasteiger partial charge on any atom is 0.126 e. The van der Waals surface area contributed by atoms with E-state index in [1.165, 1.54) is 6.42 Å². The molecule has 0 bridgehead atoms. The van der Waals surface area contributed by atoms with Gasteiger partial charge in [-0.25, -0.2) is 4.98 Å². The fraction of sp³-hybridized carbons (Fsp3) is 0.615. The van der Waals surface area contributed by atoms with Crippen LogP contribution < -0.4 is 5.32 Å². The van der Waals surface area contributed by atoms with Crippen molar-refractivity contribution in [2.45, 2.75) is 19.4 Å². The molecule has 0 aromatic carbocycles. The molecular weight excluding hydrogens is 214 g/mol. The number of aliphatic hydroxyl groups is 1. The zero-order valence-corrected chi connectivity index (χ0v) is 10.4. The highest BCUT2D eigenvalue weighted by Crippen LogP contribution is 2.17. The van der Waals surface area contributed by atoms with Gasteiger partial charge in [-0.15, -0.1) is 0 Å². The Kier molecular flexibility index (Phi) is 4.34. The maximum absolute atomic E-state index is 9.20. The van der Waals surface area contributed by atoms with Crippen molar-refractivity contribution in [1.82, 2.24) is 9.88 Å². The van der Waals surface area contributed by atoms with E-state index in [-0.39, 0.29) is 0 Å². The van der Waals surface area contributed by atoms with E-state index < -0.39 is 0 Å². The molecule has 1 aromatic rings. The molecule has 0 saturated carbocycles. The second-order valence-electron chi connectivity index (χ2n) is 4.69. The minimum atomic E-state index is 0.306. The molecule has 1 saturated heterocycles. The molecule has 0 radical (unpaired) electrons. The number of aliphatic hydroxyl groups excluding tert-OH is 1. The van der Waals surface area contributed by atoms with E-state index in [0.29, 0.717) is 12.5 Å². The van der Waals surface area contributed by atoms with Gasteiger partial charge in [0.1, 0.15) is 5.82 Å². The molecule has 1 aromatic heterocycles. The predicted octanol–water partition coefficient (Wildman–Crippen LogP) is 1.33. The van der Waals surface area contributed by atoms with E-state index >= 15 is 0 Å². The summed E-state index contributed by atoms with van der Waals surface area (Å²) in [5.74, 6) is 1.36. The van der Waals surface area contributed by atoms with Crippen molar-refractivity contribution in [2.75, 3.05) is 32.1 Å². The van der Waals surface area contributed by atoms with Crippen LogP contribution in [0.1, 0.15) is 18.5 Å². The molecule has 0 aliphatic carbocycles. The van der Waals surface area contributed by atoms with Gasteiger partial charge in [-0.05, 0) is 37.4 Å². The molecule has 4 nitrogen and oxygen atoms in total. The van der Waals surface area contributed by atoms with Crippen molar-refractivity contribution in [3.05, 3.63) is 23.9 Å². The SMILES string of the molecule is CNc1cccc(CN2CCCC(CO)C2)n1. The fourth-order valence-corrected chi connectivity index (χ4v) is 2.38. The molecule has 1 unspecified atom stereocenters. The summed E-state index contributed by atoms with van der Waals surface area (Å²) in [5.41, 5.74) is 1.09. The topological polar surface area (TPSA) is 48.4 Å². The third kappa shape index (κ3) is 3.41. The zero-order valence-electron chi connectivity index (χ0n) is 10.4. The molecule has 0 spiro atoms. The number of nitrogens with one attached hydrogen (secondary N) is 1. The molecule has 1 fully saturated rings. The zero-order chi connectivity index (χ0) is 12.1. The Balaban J connectivity index is 1.95. The first-order valence-electron chi connectivity index (χ1n) is 6.28. The average molecular weight is 235 g/mol. The van der Waals surface area contributed by atoms with Gasteiger partial charge in [0.2, 0.25) is 0 Å². The first kappa shape index (κ1) is 12.3. The van der Waals surface area contributed by atoms with Crippen molar-refractivity contribution < 1.29 is 5.11 Å². The number of likely N-dealkylation sites (tertiary alicyclic amines) is 1. The van der Waals surface area contributed by atoms with Crippen molar-refractivity contribution in [3.63, 3.8) is 0 Å². The quantitative estimate of drug-likeness (QED) is 0.826. The number of anilines is 1. The fourth-order valence-electron chi connectivity index (χ4n) is 2.38. The first-order chi connectivity index (χ1) is 8.31. The van der Waals surface area contributed by atoms with Gasteiger partial charge >= 0.3 is 0 Å². The van der Waals surface area contributed by atoms with E-state index in [1.807, 2.05) is 19.2 Å². The van der Waals surface area contributed by atoms with Crippen LogP contribution in [0.5, 0.6) is 0 Å². The van der Waals surface area contributed by atoms with E-state index in [0.717, 1.165) is 37.6 Å². The lowest BCUT2D eigenvalue weighted by Gasteiger charge is -2.31. The molecular formula is C13H21N3O. The van der Waals surface area contributed by atoms with Crippen LogP contribution in [-0.4, -0.2) is 41.7 Å². The van der Waals surface area contributed by atoms with Crippen LogP contribution in [0.4, 0.5) is 5.82 Å². The molecule has 4 heteroatoms. The van der Waals surface area contributed by atoms with Gasteiger partial charge in [0.05, 0.1) is 5.69 Å². The number of piperidine rings is 1. The third-order valence-corrected chi connectivity index (χ3v) is 3.31. The highest BCUT2D eigenvalue weighted by Gasteiger charge is 2.19. The number of aromatic nitrogens is 1. The number of hydrogen-bond donors (Lipinski definition) is 2. The second kappa shape index (κ2) is 5.98. The molecule has 17 heavy (non-hydrogen) atoms. The molecule has 94 valence electrons. The minimum Gasteiger partial charge on any atom is -0.396 e. The largest absolute Gasteiger partial charge is 0.396 e. The van der Waals surface area contributed by atoms with Gasteiger partial charge in [0.25, 0.3) is 0 Å². The smallest absolute Gasteiger partial charge is 0.126 e. The summed E-state index contributed by atoms with van der Waals surface area (Å²) in [6.45, 7) is 3.29. The van der Waals surface area contributed by atoms with Gasteiger partial charge < -0.3 is 10.4 Å². The highest BCUT2D eigenvalue weighted by molar-refractivity contribution is 5.34. The predicted molar refractivity (Wildman–Crippen MR) is 68.9 cm³/mol. The number of hydrogen-bond acceptors (Lipinski definition) is 4. The lowest BCUT2D eigenvalue weighted by Crippen LogP contribution is -2.36. The Hall–Kier alpha value is -1.13. The maximum atomic E-state index is 9.20. The van der Waals surface area contributed by atoms with Crippen LogP contribution in [0.15, 0.2) is 18.2 Å². The van der Waals surface area contributed by atoms with Crippen LogP contribution in [-0.2, 0) is 6.54 Å². The summed E-state index contributed by atoms with van der Waals surface area (Å²) in [7, 11) is 1.88. The third-order valence-electron chi connectivity index (χ3n) is 3.31. The Labute approximate surface area is 103 Å². The van der Waals surface area contributed by atoms with Crippen LogP contribution in [0.3, 0.4) is 0 Å². The van der Waals surface area contributed by atoms with E-state index in [2.05, 4.69) is 21.3 Å². The Morgan fingerprint density at radius 2 is 2.41 bits per heavy atom. The van der Waals surface area contributed by atoms with Crippen LogP contribution in [0, 0.1) is 5.92 Å². The van der Waals surface area contributed by atoms with Gasteiger partial charge in [0.15, 0.2) is 0 Å². The lowest BCUT2D eigenvalue weighted by atomic mass is 9.99. The molecule has 1 aliphatic heterocycles. The average Bonchev–Trinajstić information content (AvgIpc) is 2.39. The standard InChI is InChI=1S/C13H21N3O/c1-14-13-6-2-5-12(15-13)9-16-7-3-4-11(8-16)10-17/h2,5-6,11,17H,3-4,7-10H2,1H3,(H,14,15). The molecule has 2 heterocycles. The van der Waals surface area contributed by atoms with Gasteiger partial charge in [-0.2, -0.15) is 0 Å². The molecule has 1 atom stereocenters.